The quantitative estimate of drug-likeness (QED) is 0.412. The highest BCUT2D eigenvalue weighted by Crippen LogP contribution is 2.14. The molecule has 0 saturated heterocycles. The van der Waals surface area contributed by atoms with E-state index in [-0.39, 0.29) is 0 Å². The molecule has 1 N–H and O–H groups in total. The van der Waals surface area contributed by atoms with Crippen molar-refractivity contribution in [2.75, 3.05) is 0 Å². The van der Waals surface area contributed by atoms with E-state index in [1.54, 1.807) is 11.3 Å². The number of hydrogen-bond donors (Lipinski definition) is 1. The summed E-state index contributed by atoms with van der Waals surface area (Å²) < 4.78 is 1.89. The van der Waals surface area contributed by atoms with Gasteiger partial charge < -0.3 is 5.21 Å². The Balaban J connectivity index is 2.75. The molecule has 0 radical (unpaired) electrons. The minimum atomic E-state index is 0.828. The number of thiazole rings is 1. The van der Waals surface area contributed by atoms with Crippen LogP contribution >= 0.6 is 11.3 Å². The summed E-state index contributed by atoms with van der Waals surface area (Å²) in [6.45, 7) is 1.89. The minimum Gasteiger partial charge on any atom is -0.411 e. The third-order valence-electron chi connectivity index (χ3n) is 1.66. The molecule has 2 heterocycles. The van der Waals surface area contributed by atoms with Crippen molar-refractivity contribution in [1.29, 1.82) is 0 Å². The van der Waals surface area contributed by atoms with Gasteiger partial charge in [-0.3, -0.25) is 4.40 Å². The smallest absolute Gasteiger partial charge is 0.194 e. The minimum absolute atomic E-state index is 0.828. The molecule has 0 fully saturated rings. The fraction of sp³-hybridized carbons (Fsp3) is 0.143. The van der Waals surface area contributed by atoms with Crippen LogP contribution in [-0.4, -0.2) is 20.8 Å². The molecule has 0 spiro atoms. The number of rotatable bonds is 1. The Kier molecular flexibility index (Phi) is 1.58. The highest BCUT2D eigenvalue weighted by molar-refractivity contribution is 7.15. The summed E-state index contributed by atoms with van der Waals surface area (Å²) in [5.74, 6) is 0. The Morgan fingerprint density at radius 1 is 1.75 bits per heavy atom. The summed E-state index contributed by atoms with van der Waals surface area (Å²) in [6, 6.07) is 0. The van der Waals surface area contributed by atoms with E-state index in [1.165, 1.54) is 6.21 Å². The number of oxime groups is 1. The zero-order chi connectivity index (χ0) is 8.55. The van der Waals surface area contributed by atoms with Crippen LogP contribution in [0.4, 0.5) is 0 Å². The standard InChI is InChI=1S/C7H7N3OS/c1-5-6(4-8-11)10-2-3-12-7(10)9-5/h2-4,11H,1H3/b8-4-. The van der Waals surface area contributed by atoms with Crippen molar-refractivity contribution < 1.29 is 5.21 Å². The first kappa shape index (κ1) is 7.30. The third-order valence-corrected chi connectivity index (χ3v) is 2.42. The average molecular weight is 181 g/mol. The molecule has 2 aromatic rings. The Morgan fingerprint density at radius 2 is 2.58 bits per heavy atom. The molecule has 0 bridgehead atoms. The molecule has 2 aromatic heterocycles. The van der Waals surface area contributed by atoms with Crippen molar-refractivity contribution in [2.24, 2.45) is 5.16 Å². The van der Waals surface area contributed by atoms with Crippen LogP contribution in [0.1, 0.15) is 11.4 Å². The number of fused-ring (bicyclic) bond motifs is 1. The Labute approximate surface area is 72.8 Å². The van der Waals surface area contributed by atoms with Gasteiger partial charge in [0, 0.05) is 11.6 Å². The monoisotopic (exact) mass is 181 g/mol. The van der Waals surface area contributed by atoms with Crippen LogP contribution < -0.4 is 0 Å². The van der Waals surface area contributed by atoms with Crippen LogP contribution in [0.3, 0.4) is 0 Å². The molecule has 0 saturated carbocycles. The second-order valence-corrected chi connectivity index (χ2v) is 3.26. The number of nitrogens with zero attached hydrogens (tertiary/aromatic N) is 3. The highest BCUT2D eigenvalue weighted by atomic mass is 32.1. The lowest BCUT2D eigenvalue weighted by molar-refractivity contribution is 0.321. The molecule has 0 aliphatic rings. The van der Waals surface area contributed by atoms with Crippen LogP contribution in [0.15, 0.2) is 16.7 Å². The number of aromatic nitrogens is 2. The van der Waals surface area contributed by atoms with Gasteiger partial charge in [-0.1, -0.05) is 5.16 Å². The molecule has 2 rings (SSSR count). The lowest BCUT2D eigenvalue weighted by atomic mass is 10.4. The largest absolute Gasteiger partial charge is 0.411 e. The first-order valence-electron chi connectivity index (χ1n) is 3.42. The summed E-state index contributed by atoms with van der Waals surface area (Å²) >= 11 is 1.56. The first-order chi connectivity index (χ1) is 5.83. The summed E-state index contributed by atoms with van der Waals surface area (Å²) in [6.07, 6.45) is 3.29. The van der Waals surface area contributed by atoms with Gasteiger partial charge in [0.15, 0.2) is 4.96 Å². The molecular weight excluding hydrogens is 174 g/mol. The maximum atomic E-state index is 8.39. The molecule has 4 nitrogen and oxygen atoms in total. The molecular formula is C7H7N3OS. The predicted octanol–water partition coefficient (Wildman–Crippen LogP) is 1.51. The van der Waals surface area contributed by atoms with Gasteiger partial charge in [0.25, 0.3) is 0 Å². The van der Waals surface area contributed by atoms with Crippen molar-refractivity contribution in [3.05, 3.63) is 23.0 Å². The van der Waals surface area contributed by atoms with Crippen molar-refractivity contribution >= 4 is 22.5 Å². The van der Waals surface area contributed by atoms with E-state index in [2.05, 4.69) is 10.1 Å². The zero-order valence-electron chi connectivity index (χ0n) is 6.43. The first-order valence-corrected chi connectivity index (χ1v) is 4.30. The van der Waals surface area contributed by atoms with E-state index in [0.717, 1.165) is 16.3 Å². The Morgan fingerprint density at radius 3 is 3.33 bits per heavy atom. The maximum Gasteiger partial charge on any atom is 0.194 e. The summed E-state index contributed by atoms with van der Waals surface area (Å²) in [4.78, 5) is 5.19. The van der Waals surface area contributed by atoms with Gasteiger partial charge in [0.05, 0.1) is 17.6 Å². The summed E-state index contributed by atoms with van der Waals surface area (Å²) in [5, 5.41) is 13.3. The molecule has 0 aliphatic carbocycles. The van der Waals surface area contributed by atoms with Gasteiger partial charge in [-0.15, -0.1) is 11.3 Å². The normalized spacial score (nSPS) is 11.8. The van der Waals surface area contributed by atoms with E-state index in [4.69, 9.17) is 5.21 Å². The molecule has 0 aromatic carbocycles. The Bertz CT molecular complexity index is 429. The molecule has 0 aliphatic heterocycles. The predicted molar refractivity (Wildman–Crippen MR) is 47.2 cm³/mol. The SMILES string of the molecule is Cc1nc2sccn2c1/C=N\O. The summed E-state index contributed by atoms with van der Waals surface area (Å²) in [7, 11) is 0. The van der Waals surface area contributed by atoms with E-state index in [9.17, 15) is 0 Å². The van der Waals surface area contributed by atoms with Gasteiger partial charge in [0.2, 0.25) is 0 Å². The van der Waals surface area contributed by atoms with Crippen LogP contribution in [0.5, 0.6) is 0 Å². The lowest BCUT2D eigenvalue weighted by Crippen LogP contribution is -1.89. The number of hydrogen-bond acceptors (Lipinski definition) is 4. The maximum absolute atomic E-state index is 8.39. The highest BCUT2D eigenvalue weighted by Gasteiger charge is 2.06. The average Bonchev–Trinajstić information content (AvgIpc) is 2.56. The fourth-order valence-electron chi connectivity index (χ4n) is 1.12. The second-order valence-electron chi connectivity index (χ2n) is 2.38. The fourth-order valence-corrected chi connectivity index (χ4v) is 1.89. The van der Waals surface area contributed by atoms with Gasteiger partial charge >= 0.3 is 0 Å². The second kappa shape index (κ2) is 2.60. The van der Waals surface area contributed by atoms with Crippen molar-refractivity contribution in [3.8, 4) is 0 Å². The van der Waals surface area contributed by atoms with Crippen LogP contribution in [0, 0.1) is 6.92 Å². The molecule has 62 valence electrons. The topological polar surface area (TPSA) is 49.9 Å². The molecule has 0 amide bonds. The van der Waals surface area contributed by atoms with Crippen LogP contribution in [0.25, 0.3) is 4.96 Å². The lowest BCUT2D eigenvalue weighted by Gasteiger charge is -1.88. The van der Waals surface area contributed by atoms with Crippen LogP contribution in [0.2, 0.25) is 0 Å². The molecule has 12 heavy (non-hydrogen) atoms. The van der Waals surface area contributed by atoms with Crippen LogP contribution in [-0.2, 0) is 0 Å². The van der Waals surface area contributed by atoms with E-state index in [0.29, 0.717) is 0 Å². The molecule has 5 heteroatoms. The van der Waals surface area contributed by atoms with Crippen molar-refractivity contribution in [3.63, 3.8) is 0 Å². The van der Waals surface area contributed by atoms with Crippen molar-refractivity contribution in [1.82, 2.24) is 9.38 Å². The number of aryl methyl sites for hydroxylation is 1. The zero-order valence-corrected chi connectivity index (χ0v) is 7.25. The molecule has 0 atom stereocenters. The van der Waals surface area contributed by atoms with Gasteiger partial charge in [0.1, 0.15) is 0 Å². The third kappa shape index (κ3) is 0.902. The summed E-state index contributed by atoms with van der Waals surface area (Å²) in [5.41, 5.74) is 1.70. The van der Waals surface area contributed by atoms with Crippen molar-refractivity contribution in [2.45, 2.75) is 6.92 Å². The van der Waals surface area contributed by atoms with Gasteiger partial charge in [-0.2, -0.15) is 0 Å². The van der Waals surface area contributed by atoms with Gasteiger partial charge in [-0.25, -0.2) is 4.98 Å². The number of imidazole rings is 1. The molecule has 0 unspecified atom stereocenters. The van der Waals surface area contributed by atoms with E-state index >= 15 is 0 Å². The van der Waals surface area contributed by atoms with Gasteiger partial charge in [-0.05, 0) is 6.92 Å². The van der Waals surface area contributed by atoms with E-state index in [1.807, 2.05) is 22.9 Å². The van der Waals surface area contributed by atoms with E-state index < -0.39 is 0 Å². The Hall–Kier alpha value is -1.36.